The van der Waals surface area contributed by atoms with Gasteiger partial charge in [-0.05, 0) is 24.5 Å². The number of nitrogens with one attached hydrogen (secondary N) is 1. The smallest absolute Gasteiger partial charge is 0.231 e. The van der Waals surface area contributed by atoms with Crippen molar-refractivity contribution in [2.75, 3.05) is 5.75 Å². The van der Waals surface area contributed by atoms with E-state index in [9.17, 15) is 13.2 Å². The van der Waals surface area contributed by atoms with Crippen LogP contribution in [0.5, 0.6) is 0 Å². The van der Waals surface area contributed by atoms with Gasteiger partial charge in [0.05, 0.1) is 17.2 Å². The van der Waals surface area contributed by atoms with Gasteiger partial charge in [-0.3, -0.25) is 4.79 Å². The van der Waals surface area contributed by atoms with Gasteiger partial charge in [0.25, 0.3) is 0 Å². The zero-order chi connectivity index (χ0) is 14.9. The third-order valence-electron chi connectivity index (χ3n) is 4.46. The van der Waals surface area contributed by atoms with Crippen LogP contribution in [0.15, 0.2) is 41.8 Å². The molecule has 0 saturated heterocycles. The molecule has 1 atom stereocenters. The molecule has 0 unspecified atom stereocenters. The fraction of sp³-hybridized carbons (Fsp3) is 0.438. The molecule has 1 heterocycles. The number of carbonyl (C=O) groups excluding carboxylic acids is 1. The first-order chi connectivity index (χ1) is 10.0. The fourth-order valence-corrected chi connectivity index (χ4v) is 4.59. The van der Waals surface area contributed by atoms with Crippen LogP contribution in [0.1, 0.15) is 31.2 Å². The normalized spacial score (nSPS) is 25.8. The van der Waals surface area contributed by atoms with Gasteiger partial charge >= 0.3 is 0 Å². The molecule has 4 nitrogen and oxygen atoms in total. The van der Waals surface area contributed by atoms with E-state index in [4.69, 9.17) is 0 Å². The second-order valence-electron chi connectivity index (χ2n) is 5.89. The highest BCUT2D eigenvalue weighted by Crippen LogP contribution is 2.41. The molecule has 21 heavy (non-hydrogen) atoms. The Hall–Kier alpha value is -1.62. The molecule has 1 N–H and O–H groups in total. The van der Waals surface area contributed by atoms with E-state index in [1.807, 2.05) is 30.3 Å². The van der Waals surface area contributed by atoms with Crippen LogP contribution in [-0.2, 0) is 20.0 Å². The first-order valence-electron chi connectivity index (χ1n) is 7.29. The summed E-state index contributed by atoms with van der Waals surface area (Å²) in [6, 6.07) is 9.42. The summed E-state index contributed by atoms with van der Waals surface area (Å²) in [5, 5.41) is 4.11. The first kappa shape index (κ1) is 14.3. The van der Waals surface area contributed by atoms with Crippen LogP contribution >= 0.6 is 0 Å². The van der Waals surface area contributed by atoms with Crippen LogP contribution in [-0.4, -0.2) is 26.1 Å². The van der Waals surface area contributed by atoms with Crippen LogP contribution in [0.25, 0.3) is 0 Å². The number of amides is 1. The SMILES string of the molecule is O=C(N[C@@H]1C=CS(=O)(=O)C1)C1(c2ccccc2)CCCC1. The molecule has 5 heteroatoms. The van der Waals surface area contributed by atoms with Gasteiger partial charge in [0.2, 0.25) is 5.91 Å². The molecule has 112 valence electrons. The topological polar surface area (TPSA) is 63.2 Å². The van der Waals surface area contributed by atoms with Gasteiger partial charge < -0.3 is 5.32 Å². The van der Waals surface area contributed by atoms with Gasteiger partial charge in [0.15, 0.2) is 9.84 Å². The van der Waals surface area contributed by atoms with E-state index >= 15 is 0 Å². The van der Waals surface area contributed by atoms with Gasteiger partial charge in [-0.25, -0.2) is 8.42 Å². The lowest BCUT2D eigenvalue weighted by Gasteiger charge is -2.29. The fourth-order valence-electron chi connectivity index (χ4n) is 3.35. The quantitative estimate of drug-likeness (QED) is 0.928. The second-order valence-corrected chi connectivity index (χ2v) is 7.82. The third-order valence-corrected chi connectivity index (χ3v) is 5.86. The van der Waals surface area contributed by atoms with E-state index in [0.717, 1.165) is 31.2 Å². The van der Waals surface area contributed by atoms with Gasteiger partial charge in [-0.15, -0.1) is 0 Å². The molecule has 0 radical (unpaired) electrons. The molecule has 0 spiro atoms. The highest BCUT2D eigenvalue weighted by molar-refractivity contribution is 7.94. The lowest BCUT2D eigenvalue weighted by molar-refractivity contribution is -0.127. The summed E-state index contributed by atoms with van der Waals surface area (Å²) in [6.07, 6.45) is 5.28. The number of hydrogen-bond acceptors (Lipinski definition) is 3. The largest absolute Gasteiger partial charge is 0.348 e. The predicted molar refractivity (Wildman–Crippen MR) is 81.4 cm³/mol. The molecule has 1 aromatic rings. The standard InChI is InChI=1S/C16H19NO3S/c18-15(17-14-8-11-21(19,20)12-14)16(9-4-5-10-16)13-6-2-1-3-7-13/h1-3,6-8,11,14H,4-5,9-10,12H2,(H,17,18)/t14-/m1/s1. The Morgan fingerprint density at radius 2 is 1.81 bits per heavy atom. The maximum Gasteiger partial charge on any atom is 0.231 e. The first-order valence-corrected chi connectivity index (χ1v) is 9.01. The zero-order valence-corrected chi connectivity index (χ0v) is 12.6. The molecule has 1 aromatic carbocycles. The van der Waals surface area contributed by atoms with Crippen molar-refractivity contribution in [3.63, 3.8) is 0 Å². The molecular weight excluding hydrogens is 286 g/mol. The molecule has 1 saturated carbocycles. The minimum atomic E-state index is -3.14. The van der Waals surface area contributed by atoms with Crippen LogP contribution in [0.2, 0.25) is 0 Å². The molecular formula is C16H19NO3S. The molecule has 1 amide bonds. The predicted octanol–water partition coefficient (Wildman–Crippen LogP) is 1.93. The van der Waals surface area contributed by atoms with Crippen molar-refractivity contribution in [3.8, 4) is 0 Å². The van der Waals surface area contributed by atoms with Crippen LogP contribution in [0.3, 0.4) is 0 Å². The Morgan fingerprint density at radius 3 is 2.38 bits per heavy atom. The molecule has 0 bridgehead atoms. The van der Waals surface area contributed by atoms with Crippen molar-refractivity contribution in [3.05, 3.63) is 47.4 Å². The summed E-state index contributed by atoms with van der Waals surface area (Å²) in [4.78, 5) is 12.8. The van der Waals surface area contributed by atoms with Crippen molar-refractivity contribution in [2.24, 2.45) is 0 Å². The number of hydrogen-bond donors (Lipinski definition) is 1. The molecule has 3 rings (SSSR count). The lowest BCUT2D eigenvalue weighted by atomic mass is 9.78. The van der Waals surface area contributed by atoms with E-state index in [-0.39, 0.29) is 11.7 Å². The highest BCUT2D eigenvalue weighted by atomic mass is 32.2. The number of carbonyl (C=O) groups is 1. The zero-order valence-electron chi connectivity index (χ0n) is 11.8. The Bertz CT molecular complexity index is 658. The molecule has 0 aromatic heterocycles. The molecule has 1 fully saturated rings. The molecule has 1 aliphatic heterocycles. The Morgan fingerprint density at radius 1 is 1.14 bits per heavy atom. The van der Waals surface area contributed by atoms with E-state index in [0.29, 0.717) is 0 Å². The van der Waals surface area contributed by atoms with E-state index in [2.05, 4.69) is 5.32 Å². The van der Waals surface area contributed by atoms with Gasteiger partial charge in [0.1, 0.15) is 0 Å². The monoisotopic (exact) mass is 305 g/mol. The average molecular weight is 305 g/mol. The van der Waals surface area contributed by atoms with E-state index in [1.54, 1.807) is 6.08 Å². The van der Waals surface area contributed by atoms with Gasteiger partial charge in [0, 0.05) is 5.41 Å². The lowest BCUT2D eigenvalue weighted by Crippen LogP contribution is -2.47. The summed E-state index contributed by atoms with van der Waals surface area (Å²) in [6.45, 7) is 0. The van der Waals surface area contributed by atoms with Crippen molar-refractivity contribution in [1.82, 2.24) is 5.32 Å². The summed E-state index contributed by atoms with van der Waals surface area (Å²) < 4.78 is 22.9. The Kier molecular flexibility index (Phi) is 3.61. The van der Waals surface area contributed by atoms with Crippen LogP contribution in [0.4, 0.5) is 0 Å². The van der Waals surface area contributed by atoms with Gasteiger partial charge in [-0.1, -0.05) is 43.2 Å². The highest BCUT2D eigenvalue weighted by Gasteiger charge is 2.43. The van der Waals surface area contributed by atoms with Crippen molar-refractivity contribution >= 4 is 15.7 Å². The third kappa shape index (κ3) is 2.75. The summed E-state index contributed by atoms with van der Waals surface area (Å²) in [7, 11) is -3.14. The average Bonchev–Trinajstić information content (AvgIpc) is 3.07. The number of sulfone groups is 1. The van der Waals surface area contributed by atoms with Crippen molar-refractivity contribution in [2.45, 2.75) is 37.1 Å². The van der Waals surface area contributed by atoms with Crippen LogP contribution in [0, 0.1) is 0 Å². The van der Waals surface area contributed by atoms with E-state index < -0.39 is 21.3 Å². The minimum absolute atomic E-state index is 0.0242. The summed E-state index contributed by atoms with van der Waals surface area (Å²) >= 11 is 0. The second kappa shape index (κ2) is 5.30. The van der Waals surface area contributed by atoms with Gasteiger partial charge in [-0.2, -0.15) is 0 Å². The molecule has 1 aliphatic carbocycles. The van der Waals surface area contributed by atoms with Crippen LogP contribution < -0.4 is 5.32 Å². The number of benzene rings is 1. The maximum absolute atomic E-state index is 12.8. The summed E-state index contributed by atoms with van der Waals surface area (Å²) in [5.41, 5.74) is 0.534. The summed E-state index contributed by atoms with van der Waals surface area (Å²) in [5.74, 6) is -0.0678. The Labute approximate surface area is 125 Å². The van der Waals surface area contributed by atoms with Crippen molar-refractivity contribution in [1.29, 1.82) is 0 Å². The van der Waals surface area contributed by atoms with Crippen molar-refractivity contribution < 1.29 is 13.2 Å². The Balaban J connectivity index is 1.82. The van der Waals surface area contributed by atoms with E-state index in [1.165, 1.54) is 5.41 Å². The maximum atomic E-state index is 12.8. The molecule has 2 aliphatic rings. The number of rotatable bonds is 3. The minimum Gasteiger partial charge on any atom is -0.348 e.